The molecule has 1 aliphatic rings. The molecule has 0 radical (unpaired) electrons. The average molecular weight is 648 g/mol. The fourth-order valence-electron chi connectivity index (χ4n) is 4.90. The van der Waals surface area contributed by atoms with E-state index in [0.29, 0.717) is 48.8 Å². The number of alkyl halides is 3. The van der Waals surface area contributed by atoms with Crippen molar-refractivity contribution in [3.05, 3.63) is 95.8 Å². The van der Waals surface area contributed by atoms with Crippen LogP contribution < -0.4 is 20.4 Å². The van der Waals surface area contributed by atoms with Gasteiger partial charge in [0, 0.05) is 24.2 Å². The van der Waals surface area contributed by atoms with Crippen LogP contribution in [0.2, 0.25) is 0 Å². The van der Waals surface area contributed by atoms with Crippen molar-refractivity contribution in [2.75, 3.05) is 49.1 Å². The first-order chi connectivity index (χ1) is 22.8. The Hall–Kier alpha value is -5.30. The predicted molar refractivity (Wildman–Crippen MR) is 176 cm³/mol. The Morgan fingerprint density at radius 1 is 0.872 bits per heavy atom. The van der Waals surface area contributed by atoms with E-state index in [1.807, 2.05) is 43.0 Å². The predicted octanol–water partition coefficient (Wildman–Crippen LogP) is 7.91. The van der Waals surface area contributed by atoms with E-state index in [9.17, 15) is 17.6 Å². The molecule has 0 bridgehead atoms. The van der Waals surface area contributed by atoms with Crippen LogP contribution >= 0.6 is 0 Å². The van der Waals surface area contributed by atoms with E-state index >= 15 is 0 Å². The summed E-state index contributed by atoms with van der Waals surface area (Å²) in [5.41, 5.74) is 4.59. The van der Waals surface area contributed by atoms with Crippen molar-refractivity contribution in [2.24, 2.45) is 5.10 Å². The quantitative estimate of drug-likeness (QED) is 0.0997. The molecule has 1 aromatic heterocycles. The van der Waals surface area contributed by atoms with Gasteiger partial charge in [0.05, 0.1) is 32.1 Å². The van der Waals surface area contributed by atoms with Crippen LogP contribution in [0.3, 0.4) is 0 Å². The van der Waals surface area contributed by atoms with Gasteiger partial charge in [0.15, 0.2) is 0 Å². The first kappa shape index (κ1) is 33.1. The van der Waals surface area contributed by atoms with Gasteiger partial charge >= 0.3 is 6.18 Å². The highest BCUT2D eigenvalue weighted by molar-refractivity contribution is 5.98. The minimum atomic E-state index is -4.49. The molecule has 1 saturated heterocycles. The highest BCUT2D eigenvalue weighted by atomic mass is 19.4. The van der Waals surface area contributed by atoms with Crippen molar-refractivity contribution in [1.29, 1.82) is 0 Å². The van der Waals surface area contributed by atoms with Gasteiger partial charge in [0.2, 0.25) is 17.8 Å². The molecule has 4 aromatic carbocycles. The van der Waals surface area contributed by atoms with Crippen LogP contribution in [-0.2, 0) is 10.9 Å². The second-order valence-electron chi connectivity index (χ2n) is 10.1. The number of nitrogens with one attached hydrogen (secondary N) is 2. The number of hydrazone groups is 1. The lowest BCUT2D eigenvalue weighted by atomic mass is 9.96. The zero-order chi connectivity index (χ0) is 33.4. The maximum atomic E-state index is 14.5. The van der Waals surface area contributed by atoms with Crippen molar-refractivity contribution in [3.63, 3.8) is 0 Å². The normalized spacial score (nSPS) is 13.3. The number of rotatable bonds is 8. The summed E-state index contributed by atoms with van der Waals surface area (Å²) in [6.07, 6.45) is -2.92. The van der Waals surface area contributed by atoms with Crippen molar-refractivity contribution in [3.8, 4) is 16.9 Å². The first-order valence-corrected chi connectivity index (χ1v) is 15.0. The van der Waals surface area contributed by atoms with Crippen molar-refractivity contribution < 1.29 is 27.0 Å². The van der Waals surface area contributed by atoms with Gasteiger partial charge in [-0.3, -0.25) is 0 Å². The molecule has 1 aliphatic heterocycles. The maximum Gasteiger partial charge on any atom is 0.416 e. The Kier molecular flexibility index (Phi) is 10.5. The fourth-order valence-corrected chi connectivity index (χ4v) is 4.90. The zero-order valence-corrected chi connectivity index (χ0v) is 26.0. The molecule has 0 amide bonds. The van der Waals surface area contributed by atoms with Crippen molar-refractivity contribution >= 4 is 40.5 Å². The number of fused-ring (bicyclic) bond motifs is 1. The van der Waals surface area contributed by atoms with Crippen LogP contribution in [0.5, 0.6) is 5.75 Å². The van der Waals surface area contributed by atoms with Gasteiger partial charge in [-0.2, -0.15) is 33.2 Å². The number of methoxy groups -OCH3 is 1. The molecule has 244 valence electrons. The van der Waals surface area contributed by atoms with Crippen LogP contribution in [0.25, 0.3) is 21.9 Å². The van der Waals surface area contributed by atoms with Gasteiger partial charge in [0.1, 0.15) is 11.6 Å². The smallest absolute Gasteiger partial charge is 0.416 e. The number of hydrogen-bond acceptors (Lipinski definition) is 9. The third-order valence-corrected chi connectivity index (χ3v) is 7.11. The Labute approximate surface area is 269 Å². The second kappa shape index (κ2) is 14.9. The molecule has 2 N–H and O–H groups in total. The van der Waals surface area contributed by atoms with Crippen LogP contribution in [0.15, 0.2) is 84.0 Å². The Morgan fingerprint density at radius 2 is 1.64 bits per heavy atom. The van der Waals surface area contributed by atoms with E-state index in [0.717, 1.165) is 28.8 Å². The molecule has 2 heterocycles. The minimum absolute atomic E-state index is 0.0455. The summed E-state index contributed by atoms with van der Waals surface area (Å²) in [6, 6.07) is 20.7. The number of benzene rings is 4. The van der Waals surface area contributed by atoms with Crippen LogP contribution in [0.4, 0.5) is 41.1 Å². The number of hydrogen-bond donors (Lipinski definition) is 2. The minimum Gasteiger partial charge on any atom is -0.497 e. The Bertz CT molecular complexity index is 1860. The molecule has 0 aliphatic carbocycles. The number of halogens is 4. The third-order valence-electron chi connectivity index (χ3n) is 7.11. The van der Waals surface area contributed by atoms with Crippen LogP contribution in [0, 0.1) is 5.82 Å². The molecule has 0 saturated carbocycles. The molecule has 0 atom stereocenters. The fraction of sp³-hybridized carbons (Fsp3) is 0.235. The van der Waals surface area contributed by atoms with E-state index in [4.69, 9.17) is 9.47 Å². The standard InChI is InChI=1S/C32H27F4N7O2.C2H6/c1-44-24-8-9-26-27(18-24)25(10-11-28(26)33)21-5-2-4-20(16-21)19-37-42-30-39-29(40-31(41-30)43-12-14-45-15-13-43)38-23-7-3-6-22(17-23)32(34,35)36;1-2/h2-11,16-19H,12-15H2,1H3,(H2,38,39,40,41,42);1-2H3/b37-19+;. The summed E-state index contributed by atoms with van der Waals surface area (Å²) in [4.78, 5) is 15.1. The largest absolute Gasteiger partial charge is 0.497 e. The molecule has 1 fully saturated rings. The molecule has 13 heteroatoms. The molecule has 0 unspecified atom stereocenters. The Balaban J connectivity index is 0.00000213. The van der Waals surface area contributed by atoms with E-state index < -0.39 is 11.7 Å². The van der Waals surface area contributed by atoms with Gasteiger partial charge in [0.25, 0.3) is 0 Å². The zero-order valence-electron chi connectivity index (χ0n) is 26.0. The van der Waals surface area contributed by atoms with Crippen LogP contribution in [0.1, 0.15) is 25.0 Å². The van der Waals surface area contributed by atoms with Gasteiger partial charge in [-0.15, -0.1) is 0 Å². The highest BCUT2D eigenvalue weighted by Crippen LogP contribution is 2.34. The van der Waals surface area contributed by atoms with Gasteiger partial charge in [-0.05, 0) is 70.6 Å². The number of morpholine rings is 1. The van der Waals surface area contributed by atoms with Crippen LogP contribution in [-0.4, -0.2) is 54.6 Å². The maximum absolute atomic E-state index is 14.5. The molecule has 47 heavy (non-hydrogen) atoms. The lowest BCUT2D eigenvalue weighted by Gasteiger charge is -2.27. The van der Waals surface area contributed by atoms with E-state index in [1.54, 1.807) is 37.6 Å². The number of anilines is 4. The molecule has 9 nitrogen and oxygen atoms in total. The van der Waals surface area contributed by atoms with E-state index in [-0.39, 0.29) is 23.4 Å². The van der Waals surface area contributed by atoms with Gasteiger partial charge in [-0.25, -0.2) is 9.82 Å². The van der Waals surface area contributed by atoms with E-state index in [2.05, 4.69) is 30.8 Å². The topological polar surface area (TPSA) is 96.8 Å². The highest BCUT2D eigenvalue weighted by Gasteiger charge is 2.30. The van der Waals surface area contributed by atoms with E-state index in [1.165, 1.54) is 18.2 Å². The number of ether oxygens (including phenoxy) is 2. The molecular formula is C34H33F4N7O2. The van der Waals surface area contributed by atoms with Gasteiger partial charge in [-0.1, -0.05) is 44.2 Å². The molecule has 0 spiro atoms. The second-order valence-corrected chi connectivity index (χ2v) is 10.1. The van der Waals surface area contributed by atoms with Gasteiger partial charge < -0.3 is 19.7 Å². The monoisotopic (exact) mass is 647 g/mol. The van der Waals surface area contributed by atoms with Crippen molar-refractivity contribution in [2.45, 2.75) is 20.0 Å². The molecule has 5 aromatic rings. The number of nitrogens with zero attached hydrogens (tertiary/aromatic N) is 5. The lowest BCUT2D eigenvalue weighted by molar-refractivity contribution is -0.137. The molecule has 6 rings (SSSR count). The first-order valence-electron chi connectivity index (χ1n) is 15.0. The third kappa shape index (κ3) is 8.11. The SMILES string of the molecule is CC.COc1ccc2c(F)ccc(-c3cccc(/C=N/Nc4nc(Nc5cccc(C(F)(F)F)c5)nc(N5CCOCC5)n4)c3)c2c1. The summed E-state index contributed by atoms with van der Waals surface area (Å²) < 4.78 is 65.1. The number of aromatic nitrogens is 3. The summed E-state index contributed by atoms with van der Waals surface area (Å²) in [7, 11) is 1.56. The summed E-state index contributed by atoms with van der Waals surface area (Å²) in [6.45, 7) is 6.03. The average Bonchev–Trinajstić information content (AvgIpc) is 3.09. The summed E-state index contributed by atoms with van der Waals surface area (Å²) >= 11 is 0. The van der Waals surface area contributed by atoms with Crippen molar-refractivity contribution in [1.82, 2.24) is 15.0 Å². The lowest BCUT2D eigenvalue weighted by Crippen LogP contribution is -2.37. The summed E-state index contributed by atoms with van der Waals surface area (Å²) in [5.74, 6) is 0.747. The molecular weight excluding hydrogens is 614 g/mol. The summed E-state index contributed by atoms with van der Waals surface area (Å²) in [5, 5.41) is 8.35. The Morgan fingerprint density at radius 3 is 2.40 bits per heavy atom.